The summed E-state index contributed by atoms with van der Waals surface area (Å²) in [6.45, 7) is 2.57. The van der Waals surface area contributed by atoms with Crippen LogP contribution in [0.2, 0.25) is 0 Å². The van der Waals surface area contributed by atoms with E-state index in [0.717, 1.165) is 16.6 Å². The molecule has 0 fully saturated rings. The molecule has 0 aliphatic heterocycles. The van der Waals surface area contributed by atoms with Gasteiger partial charge in [-0.05, 0) is 30.2 Å². The molecule has 0 aliphatic rings. The van der Waals surface area contributed by atoms with Gasteiger partial charge in [-0.3, -0.25) is 9.59 Å². The molecule has 0 bridgehead atoms. The molecule has 2 aromatic carbocycles. The minimum Gasteiger partial charge on any atom is -0.342 e. The van der Waals surface area contributed by atoms with Crippen LogP contribution in [0, 0.1) is 0 Å². The second-order valence-electron chi connectivity index (χ2n) is 5.55. The fourth-order valence-corrected chi connectivity index (χ4v) is 2.76. The Morgan fingerprint density at radius 2 is 1.79 bits per heavy atom. The molecule has 24 heavy (non-hydrogen) atoms. The van der Waals surface area contributed by atoms with E-state index in [1.165, 1.54) is 12.5 Å². The number of carbonyl (C=O) groups excluding carboxylic acids is 2. The normalized spacial score (nSPS) is 10.2. The number of halogens is 1. The molecule has 0 radical (unpaired) electrons. The molecule has 0 aliphatic carbocycles. The van der Waals surface area contributed by atoms with Gasteiger partial charge in [0.1, 0.15) is 0 Å². The van der Waals surface area contributed by atoms with Gasteiger partial charge in [0.15, 0.2) is 0 Å². The predicted octanol–water partition coefficient (Wildman–Crippen LogP) is 3.87. The Hall–Kier alpha value is -2.14. The van der Waals surface area contributed by atoms with Crippen molar-refractivity contribution >= 4 is 33.4 Å². The summed E-state index contributed by atoms with van der Waals surface area (Å²) < 4.78 is 0.911. The van der Waals surface area contributed by atoms with Crippen LogP contribution >= 0.6 is 15.9 Å². The molecule has 0 saturated carbocycles. The molecule has 2 rings (SSSR count). The highest BCUT2D eigenvalue weighted by Crippen LogP contribution is 2.15. The largest absolute Gasteiger partial charge is 0.342 e. The van der Waals surface area contributed by atoms with Crippen LogP contribution in [0.5, 0.6) is 0 Å². The number of anilines is 1. The quantitative estimate of drug-likeness (QED) is 0.782. The number of hydrogen-bond acceptors (Lipinski definition) is 2. The van der Waals surface area contributed by atoms with Crippen LogP contribution in [0.3, 0.4) is 0 Å². The summed E-state index contributed by atoms with van der Waals surface area (Å²) in [7, 11) is 0. The molecule has 0 atom stereocenters. The fraction of sp³-hybridized carbons (Fsp3) is 0.263. The van der Waals surface area contributed by atoms with Crippen LogP contribution < -0.4 is 5.32 Å². The molecule has 2 amide bonds. The van der Waals surface area contributed by atoms with Crippen LogP contribution in [-0.2, 0) is 16.0 Å². The first-order valence-electron chi connectivity index (χ1n) is 7.89. The van der Waals surface area contributed by atoms with Crippen molar-refractivity contribution in [2.75, 3.05) is 18.4 Å². The van der Waals surface area contributed by atoms with Crippen molar-refractivity contribution in [1.82, 2.24) is 4.90 Å². The number of rotatable bonds is 7. The first kappa shape index (κ1) is 18.2. The summed E-state index contributed by atoms with van der Waals surface area (Å²) in [5.74, 6) is -0.111. The molecular formula is C19H21BrN2O2. The number of nitrogens with one attached hydrogen (secondary N) is 1. The van der Waals surface area contributed by atoms with Crippen molar-refractivity contribution < 1.29 is 9.59 Å². The first-order chi connectivity index (χ1) is 11.5. The van der Waals surface area contributed by atoms with Crippen molar-refractivity contribution in [2.24, 2.45) is 0 Å². The average Bonchev–Trinajstić information content (AvgIpc) is 2.55. The molecule has 1 N–H and O–H groups in total. The molecule has 0 aromatic heterocycles. The number of nitrogens with zero attached hydrogens (tertiary/aromatic N) is 1. The Morgan fingerprint density at radius 3 is 2.46 bits per heavy atom. The number of amides is 2. The lowest BCUT2D eigenvalue weighted by molar-refractivity contribution is -0.129. The summed E-state index contributed by atoms with van der Waals surface area (Å²) in [6.07, 6.45) is 1.06. The standard InChI is InChI=1S/C19H21BrN2O2/c1-15(23)22(12-10-16-6-3-2-4-7-16)13-11-19(24)21-18-9-5-8-17(20)14-18/h2-9,14H,10-13H2,1H3,(H,21,24). The zero-order valence-corrected chi connectivity index (χ0v) is 15.3. The van der Waals surface area contributed by atoms with Crippen molar-refractivity contribution in [1.29, 1.82) is 0 Å². The van der Waals surface area contributed by atoms with Crippen molar-refractivity contribution in [3.63, 3.8) is 0 Å². The minimum atomic E-state index is -0.0981. The second-order valence-corrected chi connectivity index (χ2v) is 6.47. The van der Waals surface area contributed by atoms with E-state index in [2.05, 4.69) is 21.2 Å². The Bertz CT molecular complexity index is 689. The monoisotopic (exact) mass is 388 g/mol. The van der Waals surface area contributed by atoms with E-state index < -0.39 is 0 Å². The topological polar surface area (TPSA) is 49.4 Å². The van der Waals surface area contributed by atoms with Gasteiger partial charge < -0.3 is 10.2 Å². The SMILES string of the molecule is CC(=O)N(CCC(=O)Nc1cccc(Br)c1)CCc1ccccc1. The molecule has 0 spiro atoms. The Kier molecular flexibility index (Phi) is 7.00. The lowest BCUT2D eigenvalue weighted by Crippen LogP contribution is -2.33. The first-order valence-corrected chi connectivity index (χ1v) is 8.69. The van der Waals surface area contributed by atoms with Gasteiger partial charge >= 0.3 is 0 Å². The summed E-state index contributed by atoms with van der Waals surface area (Å²) in [6, 6.07) is 17.5. The Labute approximate surface area is 151 Å². The van der Waals surface area contributed by atoms with E-state index in [9.17, 15) is 9.59 Å². The third-order valence-corrected chi connectivity index (χ3v) is 4.17. The van der Waals surface area contributed by atoms with Crippen molar-refractivity contribution in [2.45, 2.75) is 19.8 Å². The molecule has 0 heterocycles. The maximum atomic E-state index is 12.1. The van der Waals surface area contributed by atoms with E-state index >= 15 is 0 Å². The summed E-state index contributed by atoms with van der Waals surface area (Å²) in [5, 5.41) is 2.84. The van der Waals surface area contributed by atoms with Gasteiger partial charge in [-0.15, -0.1) is 0 Å². The third kappa shape index (κ3) is 6.16. The zero-order chi connectivity index (χ0) is 17.4. The van der Waals surface area contributed by atoms with Gasteiger partial charge in [-0.25, -0.2) is 0 Å². The molecular weight excluding hydrogens is 368 g/mol. The van der Waals surface area contributed by atoms with Crippen LogP contribution in [0.4, 0.5) is 5.69 Å². The van der Waals surface area contributed by atoms with E-state index in [1.54, 1.807) is 4.90 Å². The number of carbonyl (C=O) groups is 2. The van der Waals surface area contributed by atoms with Gasteiger partial charge in [0.2, 0.25) is 11.8 Å². The van der Waals surface area contributed by atoms with Crippen LogP contribution in [0.1, 0.15) is 18.9 Å². The van der Waals surface area contributed by atoms with Gasteiger partial charge in [-0.1, -0.05) is 52.3 Å². The van der Waals surface area contributed by atoms with Crippen LogP contribution in [0.15, 0.2) is 59.1 Å². The highest BCUT2D eigenvalue weighted by molar-refractivity contribution is 9.10. The van der Waals surface area contributed by atoms with Crippen molar-refractivity contribution in [3.05, 3.63) is 64.6 Å². The third-order valence-electron chi connectivity index (χ3n) is 3.68. The fourth-order valence-electron chi connectivity index (χ4n) is 2.36. The number of hydrogen-bond donors (Lipinski definition) is 1. The van der Waals surface area contributed by atoms with E-state index in [0.29, 0.717) is 13.1 Å². The zero-order valence-electron chi connectivity index (χ0n) is 13.7. The summed E-state index contributed by atoms with van der Waals surface area (Å²) in [5.41, 5.74) is 1.93. The molecule has 5 heteroatoms. The molecule has 2 aromatic rings. The van der Waals surface area contributed by atoms with Crippen LogP contribution in [-0.4, -0.2) is 29.8 Å². The molecule has 4 nitrogen and oxygen atoms in total. The average molecular weight is 389 g/mol. The summed E-state index contributed by atoms with van der Waals surface area (Å²) >= 11 is 3.37. The van der Waals surface area contributed by atoms with Crippen molar-refractivity contribution in [3.8, 4) is 0 Å². The van der Waals surface area contributed by atoms with E-state index in [1.807, 2.05) is 54.6 Å². The van der Waals surface area contributed by atoms with Gasteiger partial charge in [0.25, 0.3) is 0 Å². The molecule has 126 valence electrons. The maximum Gasteiger partial charge on any atom is 0.226 e. The Morgan fingerprint density at radius 1 is 1.04 bits per heavy atom. The predicted molar refractivity (Wildman–Crippen MR) is 99.8 cm³/mol. The van der Waals surface area contributed by atoms with Crippen LogP contribution in [0.25, 0.3) is 0 Å². The molecule has 0 unspecified atom stereocenters. The second kappa shape index (κ2) is 9.23. The maximum absolute atomic E-state index is 12.1. The van der Waals surface area contributed by atoms with Gasteiger partial charge in [0, 0.05) is 36.6 Å². The molecule has 0 saturated heterocycles. The highest BCUT2D eigenvalue weighted by Gasteiger charge is 2.11. The van der Waals surface area contributed by atoms with Gasteiger partial charge in [-0.2, -0.15) is 0 Å². The summed E-state index contributed by atoms with van der Waals surface area (Å²) in [4.78, 5) is 25.5. The van der Waals surface area contributed by atoms with Gasteiger partial charge in [0.05, 0.1) is 0 Å². The highest BCUT2D eigenvalue weighted by atomic mass is 79.9. The van der Waals surface area contributed by atoms with E-state index in [4.69, 9.17) is 0 Å². The Balaban J connectivity index is 1.82. The minimum absolute atomic E-state index is 0.0128. The number of benzene rings is 2. The smallest absolute Gasteiger partial charge is 0.226 e. The lowest BCUT2D eigenvalue weighted by Gasteiger charge is -2.21. The van der Waals surface area contributed by atoms with E-state index in [-0.39, 0.29) is 18.2 Å². The lowest BCUT2D eigenvalue weighted by atomic mass is 10.1.